The van der Waals surface area contributed by atoms with Crippen LogP contribution in [0, 0.1) is 17.1 Å². The quantitative estimate of drug-likeness (QED) is 0.697. The molecule has 0 aromatic heterocycles. The summed E-state index contributed by atoms with van der Waals surface area (Å²) in [6, 6.07) is 4.61. The molecule has 0 aliphatic heterocycles. The van der Waals surface area contributed by atoms with Crippen molar-refractivity contribution in [1.82, 2.24) is 0 Å². The molecule has 68 valence electrons. The predicted octanol–water partition coefficient (Wildman–Crippen LogP) is 1.71. The molecule has 1 aromatic carbocycles. The highest BCUT2D eigenvalue weighted by atomic mass is 19.1. The van der Waals surface area contributed by atoms with Crippen molar-refractivity contribution in [2.24, 2.45) is 0 Å². The molecule has 0 unspecified atom stereocenters. The van der Waals surface area contributed by atoms with Crippen LogP contribution in [0.4, 0.5) is 4.39 Å². The molecule has 0 aliphatic rings. The lowest BCUT2D eigenvalue weighted by Gasteiger charge is -2.06. The average Bonchev–Trinajstić information content (AvgIpc) is 2.17. The van der Waals surface area contributed by atoms with Gasteiger partial charge in [0.05, 0.1) is 14.2 Å². The minimum atomic E-state index is -0.690. The van der Waals surface area contributed by atoms with Gasteiger partial charge in [-0.05, 0) is 12.1 Å². The molecular formula is C9H8FNO2. The first kappa shape index (κ1) is 9.33. The molecule has 0 spiro atoms. The summed E-state index contributed by atoms with van der Waals surface area (Å²) in [4.78, 5) is 0. The lowest BCUT2D eigenvalue weighted by molar-refractivity contribution is 0.376. The van der Waals surface area contributed by atoms with Crippen molar-refractivity contribution >= 4 is 0 Å². The second-order valence-corrected chi connectivity index (χ2v) is 2.27. The monoisotopic (exact) mass is 181 g/mol. The Balaban J connectivity index is 3.34. The molecule has 4 heteroatoms. The van der Waals surface area contributed by atoms with Crippen LogP contribution in [-0.4, -0.2) is 14.2 Å². The third-order valence-electron chi connectivity index (χ3n) is 1.62. The van der Waals surface area contributed by atoms with Gasteiger partial charge in [-0.2, -0.15) is 5.26 Å². The van der Waals surface area contributed by atoms with Gasteiger partial charge in [0.2, 0.25) is 0 Å². The Bertz CT molecular complexity index is 357. The lowest BCUT2D eigenvalue weighted by atomic mass is 10.2. The van der Waals surface area contributed by atoms with Gasteiger partial charge in [0.25, 0.3) is 0 Å². The number of benzene rings is 1. The van der Waals surface area contributed by atoms with Crippen LogP contribution in [0.25, 0.3) is 0 Å². The van der Waals surface area contributed by atoms with Gasteiger partial charge in [0.15, 0.2) is 11.6 Å². The molecule has 0 saturated carbocycles. The van der Waals surface area contributed by atoms with Crippen molar-refractivity contribution in [2.45, 2.75) is 0 Å². The minimum Gasteiger partial charge on any atom is -0.495 e. The SMILES string of the molecule is COc1ccc(OC)c(C#N)c1F. The Kier molecular flexibility index (Phi) is 2.70. The standard InChI is InChI=1S/C9H8FNO2/c1-12-7-3-4-8(13-2)9(10)6(7)5-11/h3-4H,1-2H3. The molecule has 0 aliphatic carbocycles. The fraction of sp³-hybridized carbons (Fsp3) is 0.222. The molecule has 13 heavy (non-hydrogen) atoms. The van der Waals surface area contributed by atoms with Gasteiger partial charge in [-0.1, -0.05) is 0 Å². The summed E-state index contributed by atoms with van der Waals surface area (Å²) in [5.74, 6) is -0.442. The van der Waals surface area contributed by atoms with E-state index in [-0.39, 0.29) is 17.1 Å². The molecular weight excluding hydrogens is 173 g/mol. The summed E-state index contributed by atoms with van der Waals surface area (Å²) in [6.45, 7) is 0. The van der Waals surface area contributed by atoms with Crippen LogP contribution in [0.2, 0.25) is 0 Å². The van der Waals surface area contributed by atoms with Crippen molar-refractivity contribution in [3.05, 3.63) is 23.5 Å². The van der Waals surface area contributed by atoms with Crippen LogP contribution < -0.4 is 9.47 Å². The van der Waals surface area contributed by atoms with E-state index in [1.807, 2.05) is 0 Å². The Morgan fingerprint density at radius 1 is 1.23 bits per heavy atom. The molecule has 0 atom stereocenters. The molecule has 0 bridgehead atoms. The Labute approximate surface area is 75.3 Å². The fourth-order valence-corrected chi connectivity index (χ4v) is 0.971. The van der Waals surface area contributed by atoms with Crippen molar-refractivity contribution in [3.63, 3.8) is 0 Å². The average molecular weight is 181 g/mol. The van der Waals surface area contributed by atoms with Gasteiger partial charge in [-0.25, -0.2) is 4.39 Å². The van der Waals surface area contributed by atoms with Gasteiger partial charge in [-0.3, -0.25) is 0 Å². The fourth-order valence-electron chi connectivity index (χ4n) is 0.971. The first-order valence-electron chi connectivity index (χ1n) is 3.55. The zero-order valence-corrected chi connectivity index (χ0v) is 7.30. The molecule has 0 amide bonds. The Hall–Kier alpha value is -1.76. The predicted molar refractivity (Wildman–Crippen MR) is 44.2 cm³/mol. The van der Waals surface area contributed by atoms with Crippen molar-refractivity contribution in [1.29, 1.82) is 5.26 Å². The molecule has 0 saturated heterocycles. The highest BCUT2D eigenvalue weighted by molar-refractivity contribution is 5.49. The van der Waals surface area contributed by atoms with Crippen LogP contribution >= 0.6 is 0 Å². The first-order chi connectivity index (χ1) is 6.24. The van der Waals surface area contributed by atoms with Crippen LogP contribution in [0.15, 0.2) is 12.1 Å². The summed E-state index contributed by atoms with van der Waals surface area (Å²) in [5, 5.41) is 8.62. The number of ether oxygens (including phenoxy) is 2. The van der Waals surface area contributed by atoms with Gasteiger partial charge in [0.1, 0.15) is 17.4 Å². The van der Waals surface area contributed by atoms with E-state index >= 15 is 0 Å². The van der Waals surface area contributed by atoms with E-state index in [9.17, 15) is 4.39 Å². The lowest BCUT2D eigenvalue weighted by Crippen LogP contribution is -1.95. The Morgan fingerprint density at radius 3 is 2.23 bits per heavy atom. The zero-order chi connectivity index (χ0) is 9.84. The highest BCUT2D eigenvalue weighted by Crippen LogP contribution is 2.27. The maximum Gasteiger partial charge on any atom is 0.186 e. The van der Waals surface area contributed by atoms with E-state index in [1.54, 1.807) is 6.07 Å². The highest BCUT2D eigenvalue weighted by Gasteiger charge is 2.13. The molecule has 1 aromatic rings. The molecule has 0 heterocycles. The topological polar surface area (TPSA) is 42.2 Å². The molecule has 3 nitrogen and oxygen atoms in total. The summed E-state index contributed by atoms with van der Waals surface area (Å²) >= 11 is 0. The van der Waals surface area contributed by atoms with Crippen molar-refractivity contribution < 1.29 is 13.9 Å². The van der Waals surface area contributed by atoms with E-state index in [2.05, 4.69) is 0 Å². The van der Waals surface area contributed by atoms with Crippen LogP contribution in [0.3, 0.4) is 0 Å². The van der Waals surface area contributed by atoms with Gasteiger partial charge in [0, 0.05) is 0 Å². The summed E-state index contributed by atoms with van der Waals surface area (Å²) in [7, 11) is 2.72. The van der Waals surface area contributed by atoms with E-state index in [1.165, 1.54) is 26.4 Å². The second kappa shape index (κ2) is 3.76. The van der Waals surface area contributed by atoms with Crippen LogP contribution in [0.1, 0.15) is 5.56 Å². The molecule has 0 fully saturated rings. The van der Waals surface area contributed by atoms with Crippen molar-refractivity contribution in [3.8, 4) is 17.6 Å². The molecule has 1 rings (SSSR count). The van der Waals surface area contributed by atoms with Gasteiger partial charge in [-0.15, -0.1) is 0 Å². The number of hydrogen-bond donors (Lipinski definition) is 0. The summed E-state index contributed by atoms with van der Waals surface area (Å²) in [5.41, 5.74) is -0.137. The maximum absolute atomic E-state index is 13.3. The van der Waals surface area contributed by atoms with Crippen LogP contribution in [-0.2, 0) is 0 Å². The second-order valence-electron chi connectivity index (χ2n) is 2.27. The van der Waals surface area contributed by atoms with E-state index in [0.29, 0.717) is 0 Å². The van der Waals surface area contributed by atoms with Gasteiger partial charge >= 0.3 is 0 Å². The zero-order valence-electron chi connectivity index (χ0n) is 7.30. The third kappa shape index (κ3) is 1.54. The largest absolute Gasteiger partial charge is 0.495 e. The summed E-state index contributed by atoms with van der Waals surface area (Å²) in [6.07, 6.45) is 0. The third-order valence-corrected chi connectivity index (χ3v) is 1.62. The molecule has 0 N–H and O–H groups in total. The van der Waals surface area contributed by atoms with E-state index in [4.69, 9.17) is 14.7 Å². The van der Waals surface area contributed by atoms with E-state index in [0.717, 1.165) is 0 Å². The van der Waals surface area contributed by atoms with E-state index < -0.39 is 5.82 Å². The van der Waals surface area contributed by atoms with Gasteiger partial charge < -0.3 is 9.47 Å². The molecule has 0 radical (unpaired) electrons. The van der Waals surface area contributed by atoms with Crippen molar-refractivity contribution in [2.75, 3.05) is 14.2 Å². The first-order valence-corrected chi connectivity index (χ1v) is 3.55. The minimum absolute atomic E-state index is 0.0392. The smallest absolute Gasteiger partial charge is 0.186 e. The number of halogens is 1. The maximum atomic E-state index is 13.3. The number of nitrogens with zero attached hydrogens (tertiary/aromatic N) is 1. The Morgan fingerprint density at radius 2 is 1.77 bits per heavy atom. The number of rotatable bonds is 2. The number of nitriles is 1. The number of hydrogen-bond acceptors (Lipinski definition) is 3. The van der Waals surface area contributed by atoms with Crippen LogP contribution in [0.5, 0.6) is 11.5 Å². The summed E-state index contributed by atoms with van der Waals surface area (Å²) < 4.78 is 22.8. The number of methoxy groups -OCH3 is 2. The normalized spacial score (nSPS) is 9.08.